The Kier molecular flexibility index (Phi) is 5.90. The third-order valence-corrected chi connectivity index (χ3v) is 3.60. The van der Waals surface area contributed by atoms with Gasteiger partial charge in [0.25, 0.3) is 0 Å². The van der Waals surface area contributed by atoms with Gasteiger partial charge in [0.05, 0.1) is 12.6 Å². The van der Waals surface area contributed by atoms with Crippen LogP contribution in [-0.4, -0.2) is 62.8 Å². The van der Waals surface area contributed by atoms with E-state index in [1.807, 2.05) is 0 Å². The summed E-state index contributed by atoms with van der Waals surface area (Å²) in [5.41, 5.74) is 0. The van der Waals surface area contributed by atoms with Gasteiger partial charge >= 0.3 is 0 Å². The normalized spacial score (nSPS) is 26.6. The molecule has 1 amide bonds. The minimum Gasteiger partial charge on any atom is -0.376 e. The van der Waals surface area contributed by atoms with Crippen LogP contribution in [0.4, 0.5) is 0 Å². The summed E-state index contributed by atoms with van der Waals surface area (Å²) in [4.78, 5) is 14.1. The number of amides is 1. The van der Waals surface area contributed by atoms with Crippen LogP contribution in [0.25, 0.3) is 0 Å². The van der Waals surface area contributed by atoms with Gasteiger partial charge in [0.2, 0.25) is 5.91 Å². The van der Waals surface area contributed by atoms with Crippen molar-refractivity contribution in [1.29, 1.82) is 0 Å². The minimum absolute atomic E-state index is 0.131. The molecule has 0 aromatic rings. The SMILES string of the molecule is O=C(CN1CCCNCC1)NCC1CCCCO1. The Labute approximate surface area is 109 Å². The van der Waals surface area contributed by atoms with Gasteiger partial charge in [-0.25, -0.2) is 0 Å². The van der Waals surface area contributed by atoms with E-state index in [0.29, 0.717) is 13.1 Å². The number of nitrogens with one attached hydrogen (secondary N) is 2. The highest BCUT2D eigenvalue weighted by Crippen LogP contribution is 2.11. The molecule has 5 nitrogen and oxygen atoms in total. The van der Waals surface area contributed by atoms with E-state index in [-0.39, 0.29) is 12.0 Å². The van der Waals surface area contributed by atoms with E-state index in [1.54, 1.807) is 0 Å². The largest absolute Gasteiger partial charge is 0.376 e. The fourth-order valence-corrected chi connectivity index (χ4v) is 2.51. The van der Waals surface area contributed by atoms with Gasteiger partial charge in [0.15, 0.2) is 0 Å². The molecule has 0 radical (unpaired) electrons. The smallest absolute Gasteiger partial charge is 0.234 e. The summed E-state index contributed by atoms with van der Waals surface area (Å²) in [6.45, 7) is 6.07. The lowest BCUT2D eigenvalue weighted by atomic mass is 10.1. The molecule has 0 aromatic heterocycles. The Morgan fingerprint density at radius 1 is 1.28 bits per heavy atom. The summed E-state index contributed by atoms with van der Waals surface area (Å²) in [6.07, 6.45) is 4.81. The van der Waals surface area contributed by atoms with Crippen molar-refractivity contribution in [2.45, 2.75) is 31.8 Å². The van der Waals surface area contributed by atoms with Crippen LogP contribution in [0.5, 0.6) is 0 Å². The lowest BCUT2D eigenvalue weighted by molar-refractivity contribution is -0.123. The number of rotatable bonds is 4. The molecule has 2 N–H and O–H groups in total. The van der Waals surface area contributed by atoms with E-state index in [0.717, 1.165) is 52.0 Å². The van der Waals surface area contributed by atoms with Crippen molar-refractivity contribution in [2.24, 2.45) is 0 Å². The summed E-state index contributed by atoms with van der Waals surface area (Å²) in [5, 5.41) is 6.33. The van der Waals surface area contributed by atoms with Crippen molar-refractivity contribution in [1.82, 2.24) is 15.5 Å². The van der Waals surface area contributed by atoms with Crippen LogP contribution in [0.15, 0.2) is 0 Å². The molecule has 0 aliphatic carbocycles. The molecule has 2 heterocycles. The Balaban J connectivity index is 1.61. The minimum atomic E-state index is 0.131. The average Bonchev–Trinajstić information content (AvgIpc) is 2.66. The van der Waals surface area contributed by atoms with E-state index < -0.39 is 0 Å². The number of hydrogen-bond donors (Lipinski definition) is 2. The van der Waals surface area contributed by atoms with Crippen LogP contribution in [0.2, 0.25) is 0 Å². The average molecular weight is 255 g/mol. The predicted octanol–water partition coefficient (Wildman–Crippen LogP) is -0.0330. The van der Waals surface area contributed by atoms with Crippen molar-refractivity contribution < 1.29 is 9.53 Å². The van der Waals surface area contributed by atoms with E-state index in [4.69, 9.17) is 4.74 Å². The molecule has 0 bridgehead atoms. The van der Waals surface area contributed by atoms with Crippen LogP contribution in [0.1, 0.15) is 25.7 Å². The summed E-state index contributed by atoms with van der Waals surface area (Å²) in [7, 11) is 0. The van der Waals surface area contributed by atoms with Crippen molar-refractivity contribution >= 4 is 5.91 Å². The number of nitrogens with zero attached hydrogens (tertiary/aromatic N) is 1. The summed E-state index contributed by atoms with van der Waals surface area (Å²) in [5.74, 6) is 0.131. The lowest BCUT2D eigenvalue weighted by Crippen LogP contribution is -2.42. The first kappa shape index (κ1) is 13.8. The highest BCUT2D eigenvalue weighted by atomic mass is 16.5. The Morgan fingerprint density at radius 2 is 2.22 bits per heavy atom. The van der Waals surface area contributed by atoms with E-state index >= 15 is 0 Å². The molecule has 104 valence electrons. The topological polar surface area (TPSA) is 53.6 Å². The molecule has 1 atom stereocenters. The third-order valence-electron chi connectivity index (χ3n) is 3.60. The first-order valence-electron chi connectivity index (χ1n) is 7.16. The monoisotopic (exact) mass is 255 g/mol. The number of carbonyl (C=O) groups is 1. The summed E-state index contributed by atoms with van der Waals surface area (Å²) >= 11 is 0. The highest BCUT2D eigenvalue weighted by Gasteiger charge is 2.16. The second-order valence-corrected chi connectivity index (χ2v) is 5.17. The van der Waals surface area contributed by atoms with Gasteiger partial charge in [0.1, 0.15) is 0 Å². The zero-order chi connectivity index (χ0) is 12.6. The molecule has 0 saturated carbocycles. The Morgan fingerprint density at radius 3 is 3.06 bits per heavy atom. The molecule has 18 heavy (non-hydrogen) atoms. The van der Waals surface area contributed by atoms with Gasteiger partial charge < -0.3 is 15.4 Å². The van der Waals surface area contributed by atoms with Crippen LogP contribution in [0.3, 0.4) is 0 Å². The zero-order valence-electron chi connectivity index (χ0n) is 11.1. The summed E-state index contributed by atoms with van der Waals surface area (Å²) < 4.78 is 5.60. The van der Waals surface area contributed by atoms with Gasteiger partial charge in [-0.1, -0.05) is 0 Å². The molecule has 0 aromatic carbocycles. The predicted molar refractivity (Wildman–Crippen MR) is 70.5 cm³/mol. The van der Waals surface area contributed by atoms with E-state index in [2.05, 4.69) is 15.5 Å². The van der Waals surface area contributed by atoms with Crippen molar-refractivity contribution in [3.8, 4) is 0 Å². The number of ether oxygens (including phenoxy) is 1. The molecular formula is C13H25N3O2. The second kappa shape index (κ2) is 7.71. The fourth-order valence-electron chi connectivity index (χ4n) is 2.51. The lowest BCUT2D eigenvalue weighted by Gasteiger charge is -2.24. The van der Waals surface area contributed by atoms with Gasteiger partial charge in [-0.05, 0) is 38.8 Å². The molecular weight excluding hydrogens is 230 g/mol. The van der Waals surface area contributed by atoms with Crippen LogP contribution in [-0.2, 0) is 9.53 Å². The maximum atomic E-state index is 11.8. The van der Waals surface area contributed by atoms with Gasteiger partial charge in [-0.2, -0.15) is 0 Å². The molecule has 2 aliphatic heterocycles. The van der Waals surface area contributed by atoms with E-state index in [9.17, 15) is 4.79 Å². The molecule has 2 rings (SSSR count). The van der Waals surface area contributed by atoms with Crippen LogP contribution in [0, 0.1) is 0 Å². The molecule has 1 unspecified atom stereocenters. The first-order valence-corrected chi connectivity index (χ1v) is 7.16. The maximum absolute atomic E-state index is 11.8. The van der Waals surface area contributed by atoms with Crippen molar-refractivity contribution in [3.63, 3.8) is 0 Å². The highest BCUT2D eigenvalue weighted by molar-refractivity contribution is 5.78. The number of hydrogen-bond acceptors (Lipinski definition) is 4. The molecule has 2 saturated heterocycles. The van der Waals surface area contributed by atoms with Gasteiger partial charge in [-0.3, -0.25) is 9.69 Å². The van der Waals surface area contributed by atoms with E-state index in [1.165, 1.54) is 6.42 Å². The number of carbonyl (C=O) groups excluding carboxylic acids is 1. The molecule has 5 heteroatoms. The summed E-state index contributed by atoms with van der Waals surface area (Å²) in [6, 6.07) is 0. The Hall–Kier alpha value is -0.650. The zero-order valence-corrected chi connectivity index (χ0v) is 11.1. The van der Waals surface area contributed by atoms with Gasteiger partial charge in [0, 0.05) is 26.2 Å². The van der Waals surface area contributed by atoms with Gasteiger partial charge in [-0.15, -0.1) is 0 Å². The molecule has 0 spiro atoms. The van der Waals surface area contributed by atoms with Crippen LogP contribution < -0.4 is 10.6 Å². The first-order chi connectivity index (χ1) is 8.84. The van der Waals surface area contributed by atoms with Crippen LogP contribution >= 0.6 is 0 Å². The van der Waals surface area contributed by atoms with Crippen molar-refractivity contribution in [2.75, 3.05) is 45.9 Å². The molecule has 2 aliphatic rings. The maximum Gasteiger partial charge on any atom is 0.234 e. The van der Waals surface area contributed by atoms with Crippen molar-refractivity contribution in [3.05, 3.63) is 0 Å². The third kappa shape index (κ3) is 4.92. The Bertz CT molecular complexity index is 247. The standard InChI is InChI=1S/C13H25N3O2/c17-13(11-16-7-3-5-14-6-8-16)15-10-12-4-1-2-9-18-12/h12,14H,1-11H2,(H,15,17). The second-order valence-electron chi connectivity index (χ2n) is 5.17. The molecule has 2 fully saturated rings. The fraction of sp³-hybridized carbons (Fsp3) is 0.923. The quantitative estimate of drug-likeness (QED) is 0.740.